The van der Waals surface area contributed by atoms with Gasteiger partial charge >= 0.3 is 11.9 Å². The van der Waals surface area contributed by atoms with Gasteiger partial charge in [-0.25, -0.2) is 4.79 Å². The Bertz CT molecular complexity index is 238. The van der Waals surface area contributed by atoms with Crippen LogP contribution in [0.15, 0.2) is 12.7 Å². The lowest BCUT2D eigenvalue weighted by atomic mass is 10.2. The largest absolute Gasteiger partial charge is 0.480 e. The molecule has 0 radical (unpaired) electrons. The smallest absolute Gasteiger partial charge is 0.330 e. The summed E-state index contributed by atoms with van der Waals surface area (Å²) in [5.41, 5.74) is 0. The normalized spacial score (nSPS) is 26.8. The van der Waals surface area contributed by atoms with Gasteiger partial charge in [-0.15, -0.1) is 0 Å². The van der Waals surface area contributed by atoms with E-state index in [0.29, 0.717) is 13.0 Å². The fraction of sp³-hybridized carbons (Fsp3) is 0.500. The number of rotatable bonds is 3. The second-order valence-electron chi connectivity index (χ2n) is 2.80. The van der Waals surface area contributed by atoms with Crippen molar-refractivity contribution in [3.63, 3.8) is 0 Å². The molecule has 2 N–H and O–H groups in total. The van der Waals surface area contributed by atoms with Crippen molar-refractivity contribution in [3.8, 4) is 0 Å². The van der Waals surface area contributed by atoms with Crippen LogP contribution in [-0.2, 0) is 14.3 Å². The van der Waals surface area contributed by atoms with Crippen molar-refractivity contribution in [2.24, 2.45) is 0 Å². The van der Waals surface area contributed by atoms with E-state index >= 15 is 0 Å². The van der Waals surface area contributed by atoms with Gasteiger partial charge in [-0.2, -0.15) is 0 Å². The minimum absolute atomic E-state index is 0.314. The maximum absolute atomic E-state index is 10.7. The Kier molecular flexibility index (Phi) is 3.02. The topological polar surface area (TPSA) is 75.6 Å². The Labute approximate surface area is 75.4 Å². The number of carbonyl (C=O) groups is 2. The minimum Gasteiger partial charge on any atom is -0.480 e. The third-order valence-corrected chi connectivity index (χ3v) is 1.84. The van der Waals surface area contributed by atoms with Crippen LogP contribution in [0.2, 0.25) is 0 Å². The van der Waals surface area contributed by atoms with E-state index in [1.165, 1.54) is 0 Å². The molecule has 1 heterocycles. The summed E-state index contributed by atoms with van der Waals surface area (Å²) in [6.45, 7) is 3.63. The zero-order valence-corrected chi connectivity index (χ0v) is 7.03. The van der Waals surface area contributed by atoms with Gasteiger partial charge in [0.05, 0.1) is 0 Å². The molecule has 0 bridgehead atoms. The first-order valence-electron chi connectivity index (χ1n) is 3.92. The van der Waals surface area contributed by atoms with E-state index in [2.05, 4.69) is 11.9 Å². The molecule has 13 heavy (non-hydrogen) atoms. The molecule has 72 valence electrons. The predicted octanol–water partition coefficient (Wildman–Crippen LogP) is -0.469. The van der Waals surface area contributed by atoms with Gasteiger partial charge in [-0.3, -0.25) is 4.79 Å². The van der Waals surface area contributed by atoms with Crippen molar-refractivity contribution in [1.82, 2.24) is 5.32 Å². The van der Waals surface area contributed by atoms with Crippen LogP contribution >= 0.6 is 0 Å². The number of carboxylic acid groups (broad SMARTS) is 1. The van der Waals surface area contributed by atoms with Crippen molar-refractivity contribution in [1.29, 1.82) is 0 Å². The Hall–Kier alpha value is -1.36. The number of carboxylic acids is 1. The Balaban J connectivity index is 2.37. The third-order valence-electron chi connectivity index (χ3n) is 1.84. The highest BCUT2D eigenvalue weighted by Crippen LogP contribution is 2.10. The summed E-state index contributed by atoms with van der Waals surface area (Å²) in [7, 11) is 0. The number of esters is 1. The van der Waals surface area contributed by atoms with Gasteiger partial charge in [0, 0.05) is 19.0 Å². The molecule has 1 saturated heterocycles. The molecule has 1 aliphatic rings. The molecule has 0 aromatic carbocycles. The summed E-state index contributed by atoms with van der Waals surface area (Å²) in [6.07, 6.45) is 1.02. The van der Waals surface area contributed by atoms with Crippen LogP contribution in [0.3, 0.4) is 0 Å². The third kappa shape index (κ3) is 2.55. The summed E-state index contributed by atoms with van der Waals surface area (Å²) < 4.78 is 4.86. The van der Waals surface area contributed by atoms with Gasteiger partial charge < -0.3 is 15.2 Å². The number of carbonyl (C=O) groups excluding carboxylic acids is 1. The maximum Gasteiger partial charge on any atom is 0.330 e. The van der Waals surface area contributed by atoms with Gasteiger partial charge in [-0.1, -0.05) is 6.58 Å². The molecule has 1 fully saturated rings. The highest BCUT2D eigenvalue weighted by Gasteiger charge is 2.30. The first-order chi connectivity index (χ1) is 6.13. The molecule has 0 aromatic heterocycles. The van der Waals surface area contributed by atoms with Crippen LogP contribution in [0.5, 0.6) is 0 Å². The molecule has 0 saturated carbocycles. The molecule has 0 aromatic rings. The van der Waals surface area contributed by atoms with E-state index in [4.69, 9.17) is 9.84 Å². The lowest BCUT2D eigenvalue weighted by molar-refractivity contribution is -0.144. The fourth-order valence-corrected chi connectivity index (χ4v) is 1.19. The van der Waals surface area contributed by atoms with Gasteiger partial charge in [0.1, 0.15) is 12.1 Å². The number of ether oxygens (including phenoxy) is 1. The van der Waals surface area contributed by atoms with Crippen LogP contribution in [0.25, 0.3) is 0 Å². The Morgan fingerprint density at radius 3 is 2.77 bits per heavy atom. The Morgan fingerprint density at radius 1 is 1.62 bits per heavy atom. The van der Waals surface area contributed by atoms with Crippen LogP contribution < -0.4 is 5.32 Å². The second kappa shape index (κ2) is 4.04. The molecule has 2 atom stereocenters. The second-order valence-corrected chi connectivity index (χ2v) is 2.80. The van der Waals surface area contributed by atoms with Gasteiger partial charge in [0.15, 0.2) is 0 Å². The van der Waals surface area contributed by atoms with E-state index < -0.39 is 18.0 Å². The van der Waals surface area contributed by atoms with E-state index in [1.54, 1.807) is 0 Å². The molecule has 0 unspecified atom stereocenters. The zero-order chi connectivity index (χ0) is 9.84. The highest BCUT2D eigenvalue weighted by atomic mass is 16.5. The average molecular weight is 185 g/mol. The summed E-state index contributed by atoms with van der Waals surface area (Å²) in [5, 5.41) is 11.3. The maximum atomic E-state index is 10.7. The first-order valence-corrected chi connectivity index (χ1v) is 3.92. The first kappa shape index (κ1) is 9.73. The number of hydrogen-bond acceptors (Lipinski definition) is 4. The zero-order valence-electron chi connectivity index (χ0n) is 7.03. The fourth-order valence-electron chi connectivity index (χ4n) is 1.19. The molecule has 5 nitrogen and oxygen atoms in total. The molecule has 0 amide bonds. The monoisotopic (exact) mass is 185 g/mol. The number of aliphatic carboxylic acids is 1. The number of nitrogens with one attached hydrogen (secondary N) is 1. The lowest BCUT2D eigenvalue weighted by Crippen LogP contribution is -2.30. The quantitative estimate of drug-likeness (QED) is 0.459. The lowest BCUT2D eigenvalue weighted by Gasteiger charge is -2.07. The van der Waals surface area contributed by atoms with Crippen molar-refractivity contribution >= 4 is 11.9 Å². The molecular formula is C8H11NO4. The van der Waals surface area contributed by atoms with Crippen molar-refractivity contribution in [2.45, 2.75) is 18.6 Å². The Morgan fingerprint density at radius 2 is 2.31 bits per heavy atom. The number of hydrogen-bond donors (Lipinski definition) is 2. The molecule has 1 aliphatic heterocycles. The van der Waals surface area contributed by atoms with E-state index in [1.807, 2.05) is 0 Å². The van der Waals surface area contributed by atoms with Gasteiger partial charge in [-0.05, 0) is 0 Å². The van der Waals surface area contributed by atoms with Crippen LogP contribution in [-0.4, -0.2) is 35.7 Å². The SMILES string of the molecule is C=CC(=O)O[C@@H]1CN[C@H](C(=O)O)C1. The average Bonchev–Trinajstić information content (AvgIpc) is 2.52. The van der Waals surface area contributed by atoms with Crippen molar-refractivity contribution < 1.29 is 19.4 Å². The van der Waals surface area contributed by atoms with Gasteiger partial charge in [0.2, 0.25) is 0 Å². The van der Waals surface area contributed by atoms with E-state index in [9.17, 15) is 9.59 Å². The molecule has 5 heteroatoms. The van der Waals surface area contributed by atoms with Gasteiger partial charge in [0.25, 0.3) is 0 Å². The van der Waals surface area contributed by atoms with E-state index in [-0.39, 0.29) is 6.10 Å². The molecular weight excluding hydrogens is 174 g/mol. The summed E-state index contributed by atoms with van der Waals surface area (Å²) in [5.74, 6) is -1.44. The molecule has 0 aliphatic carbocycles. The standard InChI is InChI=1S/C8H11NO4/c1-2-7(10)13-5-3-6(8(11)12)9-4-5/h2,5-6,9H,1,3-4H2,(H,11,12)/t5-,6-/m0/s1. The molecule has 0 spiro atoms. The van der Waals surface area contributed by atoms with Crippen LogP contribution in [0.4, 0.5) is 0 Å². The summed E-state index contributed by atoms with van der Waals surface area (Å²) in [6, 6.07) is -0.609. The van der Waals surface area contributed by atoms with Crippen LogP contribution in [0, 0.1) is 0 Å². The highest BCUT2D eigenvalue weighted by molar-refractivity contribution is 5.81. The van der Waals surface area contributed by atoms with E-state index in [0.717, 1.165) is 6.08 Å². The van der Waals surface area contributed by atoms with Crippen molar-refractivity contribution in [2.75, 3.05) is 6.54 Å². The minimum atomic E-state index is -0.919. The summed E-state index contributed by atoms with van der Waals surface area (Å²) >= 11 is 0. The summed E-state index contributed by atoms with van der Waals surface area (Å²) in [4.78, 5) is 21.2. The van der Waals surface area contributed by atoms with Crippen LogP contribution in [0.1, 0.15) is 6.42 Å². The molecule has 1 rings (SSSR count). The predicted molar refractivity (Wildman–Crippen MR) is 44.1 cm³/mol. The van der Waals surface area contributed by atoms with Crippen molar-refractivity contribution in [3.05, 3.63) is 12.7 Å².